The van der Waals surface area contributed by atoms with Crippen LogP contribution in [0.1, 0.15) is 39.0 Å². The molecule has 0 bridgehead atoms. The van der Waals surface area contributed by atoms with Crippen LogP contribution in [-0.2, 0) is 4.79 Å². The molecule has 1 aliphatic carbocycles. The van der Waals surface area contributed by atoms with Crippen molar-refractivity contribution in [1.29, 1.82) is 0 Å². The molecule has 2 fully saturated rings. The number of nitrogens with one attached hydrogen (secondary N) is 1. The Bertz CT molecular complexity index is 579. The standard InChI is InChI=1S/C20H30N4O/c1-17-7-5-6-10-19(17)21-22-20(25)11-12-23-13-15-24(16-14-23)18-8-3-2-4-9-18/h2-4,8-9,17H,5-7,10-16H2,1H3,(H,22,25)/b21-19+. The molecule has 1 N–H and O–H groups in total. The van der Waals surface area contributed by atoms with Gasteiger partial charge in [-0.15, -0.1) is 0 Å². The number of carbonyl (C=O) groups is 1. The lowest BCUT2D eigenvalue weighted by molar-refractivity contribution is -0.121. The maximum Gasteiger partial charge on any atom is 0.241 e. The number of carbonyl (C=O) groups excluding carboxylic acids is 1. The third kappa shape index (κ3) is 5.30. The topological polar surface area (TPSA) is 47.9 Å². The summed E-state index contributed by atoms with van der Waals surface area (Å²) in [5, 5.41) is 4.37. The lowest BCUT2D eigenvalue weighted by Gasteiger charge is -2.36. The highest BCUT2D eigenvalue weighted by molar-refractivity contribution is 5.88. The van der Waals surface area contributed by atoms with Crippen molar-refractivity contribution in [2.75, 3.05) is 37.6 Å². The van der Waals surface area contributed by atoms with E-state index in [1.807, 2.05) is 0 Å². The molecular weight excluding hydrogens is 312 g/mol. The second kappa shape index (κ2) is 8.99. The number of hydrogen-bond acceptors (Lipinski definition) is 4. The third-order valence-corrected chi connectivity index (χ3v) is 5.36. The molecule has 3 rings (SSSR count). The van der Waals surface area contributed by atoms with Crippen LogP contribution in [0.4, 0.5) is 5.69 Å². The molecule has 1 saturated carbocycles. The van der Waals surface area contributed by atoms with E-state index in [4.69, 9.17) is 0 Å². The molecule has 1 heterocycles. The van der Waals surface area contributed by atoms with Crippen molar-refractivity contribution in [3.05, 3.63) is 30.3 Å². The number of amides is 1. The normalized spacial score (nSPS) is 23.6. The van der Waals surface area contributed by atoms with Crippen molar-refractivity contribution < 1.29 is 4.79 Å². The highest BCUT2D eigenvalue weighted by atomic mass is 16.2. The Labute approximate surface area is 151 Å². The molecule has 5 heteroatoms. The van der Waals surface area contributed by atoms with Crippen LogP contribution in [-0.4, -0.2) is 49.2 Å². The molecule has 1 aliphatic heterocycles. The van der Waals surface area contributed by atoms with Crippen LogP contribution in [0, 0.1) is 5.92 Å². The maximum atomic E-state index is 12.1. The summed E-state index contributed by atoms with van der Waals surface area (Å²) in [4.78, 5) is 16.8. The first kappa shape index (κ1) is 17.9. The van der Waals surface area contributed by atoms with Gasteiger partial charge in [-0.2, -0.15) is 5.10 Å². The highest BCUT2D eigenvalue weighted by Gasteiger charge is 2.18. The highest BCUT2D eigenvalue weighted by Crippen LogP contribution is 2.20. The van der Waals surface area contributed by atoms with Gasteiger partial charge in [-0.05, 0) is 37.3 Å². The van der Waals surface area contributed by atoms with Crippen LogP contribution >= 0.6 is 0 Å². The van der Waals surface area contributed by atoms with E-state index in [1.165, 1.54) is 24.9 Å². The Hall–Kier alpha value is -1.88. The van der Waals surface area contributed by atoms with Gasteiger partial charge in [0.05, 0.1) is 0 Å². The van der Waals surface area contributed by atoms with Crippen LogP contribution < -0.4 is 10.3 Å². The molecule has 0 aromatic heterocycles. The van der Waals surface area contributed by atoms with Crippen LogP contribution in [0.3, 0.4) is 0 Å². The van der Waals surface area contributed by atoms with E-state index in [0.29, 0.717) is 12.3 Å². The summed E-state index contributed by atoms with van der Waals surface area (Å²) in [7, 11) is 0. The number of hydrogen-bond donors (Lipinski definition) is 1. The fourth-order valence-corrected chi connectivity index (χ4v) is 3.65. The van der Waals surface area contributed by atoms with Crippen molar-refractivity contribution in [3.63, 3.8) is 0 Å². The maximum absolute atomic E-state index is 12.1. The van der Waals surface area contributed by atoms with Gasteiger partial charge < -0.3 is 4.90 Å². The average molecular weight is 342 g/mol. The van der Waals surface area contributed by atoms with Gasteiger partial charge in [0.2, 0.25) is 5.91 Å². The van der Waals surface area contributed by atoms with Crippen LogP contribution in [0.25, 0.3) is 0 Å². The Morgan fingerprint density at radius 1 is 1.16 bits per heavy atom. The van der Waals surface area contributed by atoms with E-state index in [0.717, 1.165) is 44.9 Å². The average Bonchev–Trinajstić information content (AvgIpc) is 2.67. The van der Waals surface area contributed by atoms with Gasteiger partial charge in [0.15, 0.2) is 0 Å². The molecule has 2 aliphatic rings. The Kier molecular flexibility index (Phi) is 6.45. The fraction of sp³-hybridized carbons (Fsp3) is 0.600. The first-order valence-electron chi connectivity index (χ1n) is 9.60. The Balaban J connectivity index is 1.36. The minimum absolute atomic E-state index is 0.0377. The minimum atomic E-state index is 0.0377. The molecular formula is C20H30N4O. The summed E-state index contributed by atoms with van der Waals surface area (Å²) < 4.78 is 0. The Morgan fingerprint density at radius 3 is 2.64 bits per heavy atom. The summed E-state index contributed by atoms with van der Waals surface area (Å²) in [6, 6.07) is 10.5. The zero-order valence-electron chi connectivity index (χ0n) is 15.3. The molecule has 1 amide bonds. The Morgan fingerprint density at radius 2 is 1.92 bits per heavy atom. The number of rotatable bonds is 5. The molecule has 25 heavy (non-hydrogen) atoms. The van der Waals surface area contributed by atoms with Crippen molar-refractivity contribution in [1.82, 2.24) is 10.3 Å². The molecule has 1 aromatic carbocycles. The lowest BCUT2D eigenvalue weighted by atomic mass is 9.89. The van der Waals surface area contributed by atoms with Gasteiger partial charge in [0.1, 0.15) is 0 Å². The lowest BCUT2D eigenvalue weighted by Crippen LogP contribution is -2.47. The molecule has 136 valence electrons. The minimum Gasteiger partial charge on any atom is -0.369 e. The molecule has 0 radical (unpaired) electrons. The van der Waals surface area contributed by atoms with E-state index in [-0.39, 0.29) is 5.91 Å². The van der Waals surface area contributed by atoms with Crippen molar-refractivity contribution in [2.24, 2.45) is 11.0 Å². The number of piperazine rings is 1. The summed E-state index contributed by atoms with van der Waals surface area (Å²) in [5.41, 5.74) is 5.22. The zero-order chi connectivity index (χ0) is 17.5. The zero-order valence-corrected chi connectivity index (χ0v) is 15.3. The first-order chi connectivity index (χ1) is 12.2. The third-order valence-electron chi connectivity index (χ3n) is 5.36. The predicted molar refractivity (Wildman–Crippen MR) is 103 cm³/mol. The molecule has 1 saturated heterocycles. The molecule has 1 atom stereocenters. The molecule has 1 unspecified atom stereocenters. The van der Waals surface area contributed by atoms with Gasteiger partial charge in [0.25, 0.3) is 0 Å². The largest absolute Gasteiger partial charge is 0.369 e. The van der Waals surface area contributed by atoms with Crippen molar-refractivity contribution >= 4 is 17.3 Å². The monoisotopic (exact) mass is 342 g/mol. The summed E-state index contributed by atoms with van der Waals surface area (Å²) in [6.07, 6.45) is 5.23. The van der Waals surface area contributed by atoms with Crippen LogP contribution in [0.5, 0.6) is 0 Å². The number of benzene rings is 1. The molecule has 1 aromatic rings. The number of anilines is 1. The summed E-state index contributed by atoms with van der Waals surface area (Å²) in [5.74, 6) is 0.552. The smallest absolute Gasteiger partial charge is 0.241 e. The molecule has 5 nitrogen and oxygen atoms in total. The quantitative estimate of drug-likeness (QED) is 0.837. The van der Waals surface area contributed by atoms with E-state index < -0.39 is 0 Å². The van der Waals surface area contributed by atoms with Crippen molar-refractivity contribution in [3.8, 4) is 0 Å². The first-order valence-corrected chi connectivity index (χ1v) is 9.60. The SMILES string of the molecule is CC1CCCC/C1=N\NC(=O)CCN1CCN(c2ccccc2)CC1. The van der Waals surface area contributed by atoms with E-state index in [2.05, 4.69) is 57.6 Å². The second-order valence-corrected chi connectivity index (χ2v) is 7.20. The number of para-hydroxylation sites is 1. The van der Waals surface area contributed by atoms with Crippen molar-refractivity contribution in [2.45, 2.75) is 39.0 Å². The van der Waals surface area contributed by atoms with E-state index >= 15 is 0 Å². The van der Waals surface area contributed by atoms with Gasteiger partial charge in [-0.1, -0.05) is 31.5 Å². The van der Waals surface area contributed by atoms with E-state index in [9.17, 15) is 4.79 Å². The number of nitrogens with zero attached hydrogens (tertiary/aromatic N) is 3. The predicted octanol–water partition coefficient (Wildman–Crippen LogP) is 2.88. The van der Waals surface area contributed by atoms with Gasteiger partial charge in [0, 0.05) is 50.5 Å². The van der Waals surface area contributed by atoms with Gasteiger partial charge in [-0.3, -0.25) is 9.69 Å². The summed E-state index contributed by atoms with van der Waals surface area (Å²) in [6.45, 7) is 7.07. The van der Waals surface area contributed by atoms with Crippen LogP contribution in [0.15, 0.2) is 35.4 Å². The summed E-state index contributed by atoms with van der Waals surface area (Å²) >= 11 is 0. The number of hydrazone groups is 1. The van der Waals surface area contributed by atoms with Gasteiger partial charge in [-0.25, -0.2) is 5.43 Å². The fourth-order valence-electron chi connectivity index (χ4n) is 3.65. The molecule has 0 spiro atoms. The van der Waals surface area contributed by atoms with E-state index in [1.54, 1.807) is 0 Å². The van der Waals surface area contributed by atoms with Gasteiger partial charge >= 0.3 is 0 Å². The second-order valence-electron chi connectivity index (χ2n) is 7.20. The van der Waals surface area contributed by atoms with Crippen LogP contribution in [0.2, 0.25) is 0 Å².